The summed E-state index contributed by atoms with van der Waals surface area (Å²) in [5, 5.41) is 6.38. The first-order valence-electron chi connectivity index (χ1n) is 9.81. The van der Waals surface area contributed by atoms with Crippen molar-refractivity contribution in [1.82, 2.24) is 20.1 Å². The van der Waals surface area contributed by atoms with Gasteiger partial charge in [-0.1, -0.05) is 13.8 Å². The average molecular weight is 381 g/mol. The summed E-state index contributed by atoms with van der Waals surface area (Å²) in [5.74, 6) is 0.438. The van der Waals surface area contributed by atoms with Crippen LogP contribution < -0.4 is 5.32 Å². The van der Waals surface area contributed by atoms with Gasteiger partial charge >= 0.3 is 6.03 Å². The summed E-state index contributed by atoms with van der Waals surface area (Å²) in [7, 11) is 1.84. The molecule has 6 nitrogen and oxygen atoms in total. The Kier molecular flexibility index (Phi) is 6.89. The van der Waals surface area contributed by atoms with Crippen LogP contribution in [0.2, 0.25) is 0 Å². The fourth-order valence-corrected chi connectivity index (χ4v) is 4.42. The Labute approximate surface area is 160 Å². The number of amides is 2. The molecule has 0 radical (unpaired) electrons. The maximum atomic E-state index is 12.5. The van der Waals surface area contributed by atoms with Crippen LogP contribution in [0.15, 0.2) is 5.38 Å². The quantitative estimate of drug-likeness (QED) is 0.824. The van der Waals surface area contributed by atoms with Crippen LogP contribution in [0.1, 0.15) is 56.2 Å². The highest BCUT2D eigenvalue weighted by molar-refractivity contribution is 7.09. The van der Waals surface area contributed by atoms with Gasteiger partial charge in [0, 0.05) is 50.6 Å². The first kappa shape index (κ1) is 19.6. The topological polar surface area (TPSA) is 57.7 Å². The van der Waals surface area contributed by atoms with Gasteiger partial charge in [0.1, 0.15) is 0 Å². The first-order chi connectivity index (χ1) is 12.5. The van der Waals surface area contributed by atoms with Crippen LogP contribution in [-0.2, 0) is 11.3 Å². The van der Waals surface area contributed by atoms with E-state index in [0.29, 0.717) is 18.6 Å². The summed E-state index contributed by atoms with van der Waals surface area (Å²) >= 11 is 1.67. The number of ether oxygens (including phenoxy) is 1. The predicted molar refractivity (Wildman–Crippen MR) is 105 cm³/mol. The second kappa shape index (κ2) is 9.15. The molecule has 0 unspecified atom stereocenters. The number of urea groups is 1. The summed E-state index contributed by atoms with van der Waals surface area (Å²) in [5.41, 5.74) is 0.975. The van der Waals surface area contributed by atoms with Crippen LogP contribution >= 0.6 is 11.3 Å². The van der Waals surface area contributed by atoms with Gasteiger partial charge < -0.3 is 19.9 Å². The number of rotatable bonds is 6. The van der Waals surface area contributed by atoms with E-state index in [1.807, 2.05) is 7.05 Å². The van der Waals surface area contributed by atoms with Crippen molar-refractivity contribution in [3.63, 3.8) is 0 Å². The van der Waals surface area contributed by atoms with E-state index in [1.165, 1.54) is 12.8 Å². The minimum Gasteiger partial charge on any atom is -0.377 e. The number of likely N-dealkylation sites (tertiary alicyclic amines) is 1. The number of carbonyl (C=O) groups excluding carboxylic acids is 1. The van der Waals surface area contributed by atoms with Crippen LogP contribution in [-0.4, -0.2) is 66.2 Å². The highest BCUT2D eigenvalue weighted by Gasteiger charge is 2.25. The highest BCUT2D eigenvalue weighted by atomic mass is 32.1. The van der Waals surface area contributed by atoms with Crippen molar-refractivity contribution < 1.29 is 9.53 Å². The van der Waals surface area contributed by atoms with E-state index in [0.717, 1.165) is 49.8 Å². The van der Waals surface area contributed by atoms with Gasteiger partial charge in [0.15, 0.2) is 0 Å². The third kappa shape index (κ3) is 5.41. The van der Waals surface area contributed by atoms with Crippen LogP contribution in [0.5, 0.6) is 0 Å². The Morgan fingerprint density at radius 2 is 2.19 bits per heavy atom. The Balaban J connectivity index is 1.38. The molecule has 2 aliphatic heterocycles. The zero-order valence-corrected chi connectivity index (χ0v) is 17.1. The Bertz CT molecular complexity index is 578. The maximum absolute atomic E-state index is 12.5. The largest absolute Gasteiger partial charge is 0.377 e. The zero-order valence-electron chi connectivity index (χ0n) is 16.2. The number of hydrogen-bond donors (Lipinski definition) is 1. The molecule has 2 saturated heterocycles. The van der Waals surface area contributed by atoms with E-state index >= 15 is 0 Å². The lowest BCUT2D eigenvalue weighted by atomic mass is 10.0. The van der Waals surface area contributed by atoms with Crippen LogP contribution in [0.3, 0.4) is 0 Å². The average Bonchev–Trinajstić information content (AvgIpc) is 3.28. The van der Waals surface area contributed by atoms with Crippen molar-refractivity contribution in [2.75, 3.05) is 33.3 Å². The molecule has 0 bridgehead atoms. The maximum Gasteiger partial charge on any atom is 0.317 e. The molecule has 2 amide bonds. The molecule has 0 aliphatic carbocycles. The van der Waals surface area contributed by atoms with Gasteiger partial charge in [-0.05, 0) is 25.7 Å². The number of aromatic nitrogens is 1. The van der Waals surface area contributed by atoms with Crippen LogP contribution in [0.4, 0.5) is 4.79 Å². The molecule has 1 aromatic rings. The molecule has 0 aromatic carbocycles. The summed E-state index contributed by atoms with van der Waals surface area (Å²) in [6.45, 7) is 8.89. The minimum absolute atomic E-state index is 0.00155. The lowest BCUT2D eigenvalue weighted by Gasteiger charge is -2.34. The molecular formula is C19H32N4O2S. The molecule has 1 aromatic heterocycles. The Morgan fingerprint density at radius 1 is 1.42 bits per heavy atom. The van der Waals surface area contributed by atoms with Gasteiger partial charge in [-0.25, -0.2) is 9.78 Å². The van der Waals surface area contributed by atoms with Crippen molar-refractivity contribution in [1.29, 1.82) is 0 Å². The molecule has 0 saturated carbocycles. The molecular weight excluding hydrogens is 348 g/mol. The molecule has 1 N–H and O–H groups in total. The van der Waals surface area contributed by atoms with Crippen molar-refractivity contribution in [2.24, 2.45) is 0 Å². The molecule has 146 valence electrons. The number of piperidine rings is 1. The van der Waals surface area contributed by atoms with Crippen molar-refractivity contribution >= 4 is 17.4 Å². The molecule has 0 spiro atoms. The van der Waals surface area contributed by atoms with Gasteiger partial charge in [-0.2, -0.15) is 0 Å². The number of hydrogen-bond acceptors (Lipinski definition) is 5. The van der Waals surface area contributed by atoms with Gasteiger partial charge in [-0.3, -0.25) is 0 Å². The zero-order chi connectivity index (χ0) is 18.5. The summed E-state index contributed by atoms with van der Waals surface area (Å²) < 4.78 is 5.73. The molecule has 3 rings (SSSR count). The van der Waals surface area contributed by atoms with E-state index in [2.05, 4.69) is 34.4 Å². The third-order valence-corrected chi connectivity index (χ3v) is 6.40. The number of nitrogens with zero attached hydrogens (tertiary/aromatic N) is 3. The van der Waals surface area contributed by atoms with E-state index in [4.69, 9.17) is 4.74 Å². The summed E-state index contributed by atoms with van der Waals surface area (Å²) in [6, 6.07) is 0.272. The number of nitrogens with one attached hydrogen (secondary N) is 1. The Hall–Kier alpha value is -1.18. The number of carbonyl (C=O) groups is 1. The monoisotopic (exact) mass is 380 g/mol. The molecule has 7 heteroatoms. The van der Waals surface area contributed by atoms with E-state index < -0.39 is 0 Å². The minimum atomic E-state index is 0.00155. The predicted octanol–water partition coefficient (Wildman–Crippen LogP) is 3.05. The van der Waals surface area contributed by atoms with Crippen LogP contribution in [0, 0.1) is 0 Å². The van der Waals surface area contributed by atoms with Gasteiger partial charge in [-0.15, -0.1) is 11.3 Å². The number of thiazole rings is 1. The van der Waals surface area contributed by atoms with Crippen molar-refractivity contribution in [2.45, 2.75) is 64.1 Å². The molecule has 2 fully saturated rings. The SMILES string of the molecule is CC(C)c1nc(CN(C)C(=O)NC2CCN(C[C@@H]3CCCO3)CC2)cs1. The van der Waals surface area contributed by atoms with Gasteiger partial charge in [0.25, 0.3) is 0 Å². The second-order valence-electron chi connectivity index (χ2n) is 7.85. The standard InChI is InChI=1S/C19H32N4O2S/c1-14(2)18-20-16(13-26-18)11-22(3)19(24)21-15-6-8-23(9-7-15)12-17-5-4-10-25-17/h13-15,17H,4-12H2,1-3H3,(H,21,24)/t17-/m0/s1. The highest BCUT2D eigenvalue weighted by Crippen LogP contribution is 2.20. The molecule has 2 aliphatic rings. The lowest BCUT2D eigenvalue weighted by Crippen LogP contribution is -2.49. The van der Waals surface area contributed by atoms with E-state index in [-0.39, 0.29) is 12.1 Å². The van der Waals surface area contributed by atoms with Gasteiger partial charge in [0.2, 0.25) is 0 Å². The first-order valence-corrected chi connectivity index (χ1v) is 10.7. The fraction of sp³-hybridized carbons (Fsp3) is 0.789. The van der Waals surface area contributed by atoms with E-state index in [9.17, 15) is 4.79 Å². The Morgan fingerprint density at radius 3 is 2.81 bits per heavy atom. The normalized spacial score (nSPS) is 22.1. The lowest BCUT2D eigenvalue weighted by molar-refractivity contribution is 0.0629. The summed E-state index contributed by atoms with van der Waals surface area (Å²) in [6.07, 6.45) is 4.83. The third-order valence-electron chi connectivity index (χ3n) is 5.21. The van der Waals surface area contributed by atoms with Crippen molar-refractivity contribution in [3.05, 3.63) is 16.1 Å². The molecule has 3 heterocycles. The fourth-order valence-electron chi connectivity index (χ4n) is 3.60. The molecule has 1 atom stereocenters. The second-order valence-corrected chi connectivity index (χ2v) is 8.74. The van der Waals surface area contributed by atoms with E-state index in [1.54, 1.807) is 16.2 Å². The summed E-state index contributed by atoms with van der Waals surface area (Å²) in [4.78, 5) is 21.3. The molecule has 26 heavy (non-hydrogen) atoms. The smallest absolute Gasteiger partial charge is 0.317 e. The van der Waals surface area contributed by atoms with Crippen molar-refractivity contribution in [3.8, 4) is 0 Å². The van der Waals surface area contributed by atoms with Crippen LogP contribution in [0.25, 0.3) is 0 Å². The van der Waals surface area contributed by atoms with Gasteiger partial charge in [0.05, 0.1) is 23.4 Å².